The first kappa shape index (κ1) is 21.6. The number of nitrogens with zero attached hydrogens (tertiary/aromatic N) is 1. The summed E-state index contributed by atoms with van der Waals surface area (Å²) in [7, 11) is 3.42. The molecule has 2 aromatic carbocycles. The van der Waals surface area contributed by atoms with Gasteiger partial charge in [-0.2, -0.15) is 0 Å². The molecule has 152 valence electrons. The molecule has 6 heteroatoms. The summed E-state index contributed by atoms with van der Waals surface area (Å²) in [5.74, 6) is 2.48. The molecule has 2 aromatic rings. The van der Waals surface area contributed by atoms with E-state index in [1.807, 2.05) is 62.4 Å². The first-order chi connectivity index (χ1) is 13.6. The molecule has 0 fully saturated rings. The lowest BCUT2D eigenvalue weighted by Crippen LogP contribution is -2.41. The van der Waals surface area contributed by atoms with Gasteiger partial charge in [-0.15, -0.1) is 0 Å². The molecule has 0 heterocycles. The summed E-state index contributed by atoms with van der Waals surface area (Å²) in [6.07, 6.45) is 0.0168. The van der Waals surface area contributed by atoms with Crippen LogP contribution in [0.25, 0.3) is 0 Å². The zero-order valence-corrected chi connectivity index (χ0v) is 17.2. The second-order valence-corrected chi connectivity index (χ2v) is 6.49. The molecule has 1 unspecified atom stereocenters. The zero-order chi connectivity index (χ0) is 20.2. The third-order valence-corrected chi connectivity index (χ3v) is 4.14. The number of guanidine groups is 1. The van der Waals surface area contributed by atoms with Crippen molar-refractivity contribution in [2.24, 2.45) is 4.99 Å². The average Bonchev–Trinajstić information content (AvgIpc) is 2.71. The normalized spacial score (nSPS) is 12.4. The van der Waals surface area contributed by atoms with Crippen molar-refractivity contribution in [1.82, 2.24) is 10.6 Å². The van der Waals surface area contributed by atoms with E-state index >= 15 is 0 Å². The molecular weight excluding hydrogens is 354 g/mol. The Hall–Kier alpha value is -2.73. The van der Waals surface area contributed by atoms with Crippen molar-refractivity contribution in [2.75, 3.05) is 33.9 Å². The number of hydrogen-bond acceptors (Lipinski definition) is 4. The summed E-state index contributed by atoms with van der Waals surface area (Å²) in [6, 6.07) is 16.0. The van der Waals surface area contributed by atoms with Gasteiger partial charge in [0.25, 0.3) is 0 Å². The zero-order valence-electron chi connectivity index (χ0n) is 17.2. The van der Waals surface area contributed by atoms with Crippen LogP contribution in [0.3, 0.4) is 0 Å². The standard InChI is InChI=1S/C22H31N3O3/c1-17-7-5-6-8-21(17)28-18(2)15-24-22(23-3)25-16-19-9-11-20(12-10-19)27-14-13-26-4/h5-12,18H,13-16H2,1-4H3,(H2,23,24,25). The number of ether oxygens (including phenoxy) is 3. The van der Waals surface area contributed by atoms with Gasteiger partial charge in [0.1, 0.15) is 24.2 Å². The SMILES string of the molecule is CN=C(NCc1ccc(OCCOC)cc1)NCC(C)Oc1ccccc1C. The van der Waals surface area contributed by atoms with Crippen molar-refractivity contribution in [3.63, 3.8) is 0 Å². The number of nitrogens with one attached hydrogen (secondary N) is 2. The minimum Gasteiger partial charge on any atom is -0.491 e. The molecule has 0 aromatic heterocycles. The van der Waals surface area contributed by atoms with E-state index in [0.29, 0.717) is 26.3 Å². The van der Waals surface area contributed by atoms with Crippen LogP contribution in [0.5, 0.6) is 11.5 Å². The van der Waals surface area contributed by atoms with Gasteiger partial charge in [-0.1, -0.05) is 30.3 Å². The van der Waals surface area contributed by atoms with Gasteiger partial charge < -0.3 is 24.8 Å². The van der Waals surface area contributed by atoms with Crippen molar-refractivity contribution < 1.29 is 14.2 Å². The molecule has 0 amide bonds. The first-order valence-corrected chi connectivity index (χ1v) is 9.50. The van der Waals surface area contributed by atoms with E-state index in [1.165, 1.54) is 0 Å². The number of para-hydroxylation sites is 1. The lowest BCUT2D eigenvalue weighted by Gasteiger charge is -2.19. The van der Waals surface area contributed by atoms with Crippen LogP contribution in [0.4, 0.5) is 0 Å². The predicted octanol–water partition coefficient (Wildman–Crippen LogP) is 3.15. The topological polar surface area (TPSA) is 64.1 Å². The molecule has 0 saturated heterocycles. The highest BCUT2D eigenvalue weighted by Gasteiger charge is 2.07. The highest BCUT2D eigenvalue weighted by atomic mass is 16.5. The van der Waals surface area contributed by atoms with Crippen molar-refractivity contribution >= 4 is 5.96 Å². The molecule has 0 spiro atoms. The number of benzene rings is 2. The maximum absolute atomic E-state index is 5.99. The van der Waals surface area contributed by atoms with Crippen molar-refractivity contribution in [3.05, 3.63) is 59.7 Å². The highest BCUT2D eigenvalue weighted by molar-refractivity contribution is 5.79. The summed E-state index contributed by atoms with van der Waals surface area (Å²) in [5, 5.41) is 6.61. The summed E-state index contributed by atoms with van der Waals surface area (Å²) < 4.78 is 16.5. The molecule has 0 aliphatic heterocycles. The maximum Gasteiger partial charge on any atom is 0.191 e. The largest absolute Gasteiger partial charge is 0.491 e. The van der Waals surface area contributed by atoms with Gasteiger partial charge in [0.2, 0.25) is 0 Å². The van der Waals surface area contributed by atoms with E-state index < -0.39 is 0 Å². The van der Waals surface area contributed by atoms with E-state index in [1.54, 1.807) is 14.2 Å². The second-order valence-electron chi connectivity index (χ2n) is 6.49. The van der Waals surface area contributed by atoms with Gasteiger partial charge in [0.15, 0.2) is 5.96 Å². The van der Waals surface area contributed by atoms with Crippen LogP contribution in [0.1, 0.15) is 18.1 Å². The molecule has 28 heavy (non-hydrogen) atoms. The van der Waals surface area contributed by atoms with Crippen LogP contribution in [0.15, 0.2) is 53.5 Å². The van der Waals surface area contributed by atoms with Gasteiger partial charge in [-0.05, 0) is 43.2 Å². The smallest absolute Gasteiger partial charge is 0.191 e. The highest BCUT2D eigenvalue weighted by Crippen LogP contribution is 2.17. The molecule has 0 aliphatic rings. The fraction of sp³-hybridized carbons (Fsp3) is 0.409. The van der Waals surface area contributed by atoms with Gasteiger partial charge in [-0.25, -0.2) is 0 Å². The number of methoxy groups -OCH3 is 1. The summed E-state index contributed by atoms with van der Waals surface area (Å²) in [4.78, 5) is 4.27. The molecule has 0 radical (unpaired) electrons. The minimum atomic E-state index is 0.0168. The Labute approximate surface area is 167 Å². The number of hydrogen-bond donors (Lipinski definition) is 2. The number of aliphatic imine (C=N–C) groups is 1. The van der Waals surface area contributed by atoms with Crippen molar-refractivity contribution in [1.29, 1.82) is 0 Å². The Morgan fingerprint density at radius 1 is 1.04 bits per heavy atom. The third-order valence-electron chi connectivity index (χ3n) is 4.14. The summed E-state index contributed by atoms with van der Waals surface area (Å²) in [6.45, 7) is 6.54. The van der Waals surface area contributed by atoms with Gasteiger partial charge in [-0.3, -0.25) is 4.99 Å². The number of rotatable bonds is 10. The molecule has 2 rings (SSSR count). The molecule has 6 nitrogen and oxygen atoms in total. The monoisotopic (exact) mass is 385 g/mol. The molecule has 0 bridgehead atoms. The first-order valence-electron chi connectivity index (χ1n) is 9.50. The Bertz CT molecular complexity index is 732. The Morgan fingerprint density at radius 3 is 2.46 bits per heavy atom. The average molecular weight is 386 g/mol. The second kappa shape index (κ2) is 11.9. The lowest BCUT2D eigenvalue weighted by molar-refractivity contribution is 0.146. The molecule has 1 atom stereocenters. The van der Waals surface area contributed by atoms with Crippen LogP contribution in [0, 0.1) is 6.92 Å². The fourth-order valence-electron chi connectivity index (χ4n) is 2.54. The van der Waals surface area contributed by atoms with Gasteiger partial charge >= 0.3 is 0 Å². The van der Waals surface area contributed by atoms with Crippen LogP contribution in [0.2, 0.25) is 0 Å². The predicted molar refractivity (Wildman–Crippen MR) is 113 cm³/mol. The van der Waals surface area contributed by atoms with E-state index in [-0.39, 0.29) is 6.10 Å². The van der Waals surface area contributed by atoms with E-state index in [0.717, 1.165) is 28.6 Å². The number of aryl methyl sites for hydroxylation is 1. The Morgan fingerprint density at radius 2 is 1.79 bits per heavy atom. The maximum atomic E-state index is 5.99. The molecular formula is C22H31N3O3. The van der Waals surface area contributed by atoms with E-state index in [9.17, 15) is 0 Å². The van der Waals surface area contributed by atoms with E-state index in [2.05, 4.69) is 15.6 Å². The van der Waals surface area contributed by atoms with Crippen molar-refractivity contribution in [2.45, 2.75) is 26.5 Å². The van der Waals surface area contributed by atoms with Gasteiger partial charge in [0.05, 0.1) is 13.2 Å². The third kappa shape index (κ3) is 7.48. The van der Waals surface area contributed by atoms with Crippen LogP contribution >= 0.6 is 0 Å². The van der Waals surface area contributed by atoms with Crippen LogP contribution in [-0.2, 0) is 11.3 Å². The van der Waals surface area contributed by atoms with Crippen LogP contribution in [-0.4, -0.2) is 46.0 Å². The molecule has 0 aliphatic carbocycles. The van der Waals surface area contributed by atoms with Crippen LogP contribution < -0.4 is 20.1 Å². The molecule has 0 saturated carbocycles. The lowest BCUT2D eigenvalue weighted by atomic mass is 10.2. The molecule has 2 N–H and O–H groups in total. The van der Waals surface area contributed by atoms with E-state index in [4.69, 9.17) is 14.2 Å². The quantitative estimate of drug-likeness (QED) is 0.374. The summed E-state index contributed by atoms with van der Waals surface area (Å²) in [5.41, 5.74) is 2.28. The van der Waals surface area contributed by atoms with Crippen molar-refractivity contribution in [3.8, 4) is 11.5 Å². The Kier molecular flexibility index (Phi) is 9.15. The fourth-order valence-corrected chi connectivity index (χ4v) is 2.54. The Balaban J connectivity index is 1.74. The van der Waals surface area contributed by atoms with Gasteiger partial charge in [0, 0.05) is 20.7 Å². The minimum absolute atomic E-state index is 0.0168. The summed E-state index contributed by atoms with van der Waals surface area (Å²) >= 11 is 0.